The van der Waals surface area contributed by atoms with E-state index in [1.807, 2.05) is 6.92 Å². The maximum atomic E-state index is 12.4. The van der Waals surface area contributed by atoms with Crippen molar-refractivity contribution in [2.24, 2.45) is 0 Å². The number of ether oxygens (including phenoxy) is 1. The molecule has 0 aromatic heterocycles. The summed E-state index contributed by atoms with van der Waals surface area (Å²) in [6.45, 7) is 5.29. The van der Waals surface area contributed by atoms with E-state index in [2.05, 4.69) is 39.2 Å². The predicted molar refractivity (Wildman–Crippen MR) is 124 cm³/mol. The molecule has 2 aromatic rings. The molecule has 172 valence electrons. The molecule has 7 nitrogen and oxygen atoms in total. The van der Waals surface area contributed by atoms with Gasteiger partial charge < -0.3 is 15.0 Å². The number of carbonyl (C=O) groups is 1. The van der Waals surface area contributed by atoms with E-state index < -0.39 is 10.0 Å². The second-order valence-corrected chi connectivity index (χ2v) is 10.2. The molecule has 1 saturated heterocycles. The quantitative estimate of drug-likeness (QED) is 0.605. The molecule has 4 rings (SSSR count). The van der Waals surface area contributed by atoms with Gasteiger partial charge in [0.15, 0.2) is 0 Å². The van der Waals surface area contributed by atoms with Gasteiger partial charge in [0.05, 0.1) is 24.2 Å². The van der Waals surface area contributed by atoms with Gasteiger partial charge >= 0.3 is 0 Å². The van der Waals surface area contributed by atoms with E-state index in [-0.39, 0.29) is 22.9 Å². The summed E-state index contributed by atoms with van der Waals surface area (Å²) >= 11 is 0. The van der Waals surface area contributed by atoms with Gasteiger partial charge in [-0.3, -0.25) is 4.79 Å². The van der Waals surface area contributed by atoms with Gasteiger partial charge in [0.1, 0.15) is 0 Å². The second-order valence-electron chi connectivity index (χ2n) is 8.52. The Bertz CT molecular complexity index is 1010. The van der Waals surface area contributed by atoms with Gasteiger partial charge in [-0.05, 0) is 61.6 Å². The number of nitrogens with one attached hydrogen (secondary N) is 2. The van der Waals surface area contributed by atoms with Crippen molar-refractivity contribution in [2.45, 2.75) is 49.6 Å². The molecule has 1 atom stereocenters. The Morgan fingerprint density at radius 1 is 1.06 bits per heavy atom. The highest BCUT2D eigenvalue weighted by Crippen LogP contribution is 2.23. The molecule has 8 heteroatoms. The minimum atomic E-state index is -3.44. The molecule has 0 spiro atoms. The first-order chi connectivity index (χ1) is 15.4. The van der Waals surface area contributed by atoms with Crippen molar-refractivity contribution < 1.29 is 17.9 Å². The summed E-state index contributed by atoms with van der Waals surface area (Å²) in [7, 11) is -3.44. The van der Waals surface area contributed by atoms with Crippen LogP contribution >= 0.6 is 0 Å². The first-order valence-corrected chi connectivity index (χ1v) is 12.7. The minimum Gasteiger partial charge on any atom is -0.378 e. The van der Waals surface area contributed by atoms with Gasteiger partial charge in [0.2, 0.25) is 15.9 Å². The number of benzene rings is 2. The second kappa shape index (κ2) is 10.0. The van der Waals surface area contributed by atoms with E-state index in [4.69, 9.17) is 4.74 Å². The molecule has 2 aliphatic rings. The van der Waals surface area contributed by atoms with Crippen molar-refractivity contribution in [3.63, 3.8) is 0 Å². The largest absolute Gasteiger partial charge is 0.378 e. The van der Waals surface area contributed by atoms with Crippen molar-refractivity contribution in [3.05, 3.63) is 59.7 Å². The molecule has 1 aliphatic carbocycles. The zero-order valence-electron chi connectivity index (χ0n) is 18.4. The Balaban J connectivity index is 1.25. The standard InChI is InChI=1S/C24H31N3O4S/c1-18(20-5-9-22(10-6-20)27-14-16-31-17-15-27)25-24(28)13-4-19-2-11-23(12-3-19)32(29,30)26-21-7-8-21/h2-3,5-6,9-12,18,21,26H,4,7-8,13-17H2,1H3,(H,25,28). The third kappa shape index (κ3) is 6.09. The van der Waals surface area contributed by atoms with E-state index in [0.717, 1.165) is 50.3 Å². The van der Waals surface area contributed by atoms with Crippen LogP contribution in [0.25, 0.3) is 0 Å². The number of aryl methyl sites for hydroxylation is 1. The van der Waals surface area contributed by atoms with Crippen LogP contribution in [0.3, 0.4) is 0 Å². The highest BCUT2D eigenvalue weighted by Gasteiger charge is 2.27. The molecule has 2 fully saturated rings. The lowest BCUT2D eigenvalue weighted by atomic mass is 10.1. The summed E-state index contributed by atoms with van der Waals surface area (Å²) < 4.78 is 32.6. The lowest BCUT2D eigenvalue weighted by Gasteiger charge is -2.29. The van der Waals surface area contributed by atoms with Crippen LogP contribution in [0.4, 0.5) is 5.69 Å². The van der Waals surface area contributed by atoms with E-state index in [9.17, 15) is 13.2 Å². The molecule has 1 unspecified atom stereocenters. The summed E-state index contributed by atoms with van der Waals surface area (Å²) in [4.78, 5) is 15.0. The third-order valence-corrected chi connectivity index (χ3v) is 7.46. The number of hydrogen-bond acceptors (Lipinski definition) is 5. The Hall–Kier alpha value is -2.42. The van der Waals surface area contributed by atoms with E-state index in [1.165, 1.54) is 5.69 Å². The number of rotatable bonds is 9. The van der Waals surface area contributed by atoms with Crippen molar-refractivity contribution in [2.75, 3.05) is 31.2 Å². The fourth-order valence-electron chi connectivity index (χ4n) is 3.77. The normalized spacial score (nSPS) is 17.7. The van der Waals surface area contributed by atoms with Gasteiger partial charge in [0.25, 0.3) is 0 Å². The van der Waals surface area contributed by atoms with E-state index in [1.54, 1.807) is 24.3 Å². The first kappa shape index (κ1) is 22.8. The van der Waals surface area contributed by atoms with Crippen LogP contribution in [0, 0.1) is 0 Å². The molecule has 2 N–H and O–H groups in total. The number of hydrogen-bond donors (Lipinski definition) is 2. The summed E-state index contributed by atoms with van der Waals surface area (Å²) in [5.74, 6) is -0.0261. The average Bonchev–Trinajstić information content (AvgIpc) is 3.62. The molecular weight excluding hydrogens is 426 g/mol. The molecule has 2 aromatic carbocycles. The zero-order valence-corrected chi connectivity index (χ0v) is 19.2. The van der Waals surface area contributed by atoms with Crippen LogP contribution in [-0.4, -0.2) is 46.7 Å². The van der Waals surface area contributed by atoms with Crippen molar-refractivity contribution in [1.29, 1.82) is 0 Å². The number of amides is 1. The van der Waals surface area contributed by atoms with Gasteiger partial charge in [-0.15, -0.1) is 0 Å². The fraction of sp³-hybridized carbons (Fsp3) is 0.458. The van der Waals surface area contributed by atoms with Crippen molar-refractivity contribution in [1.82, 2.24) is 10.0 Å². The Labute approximate surface area is 190 Å². The molecule has 0 radical (unpaired) electrons. The highest BCUT2D eigenvalue weighted by atomic mass is 32.2. The van der Waals surface area contributed by atoms with Crippen LogP contribution in [-0.2, 0) is 26.0 Å². The molecular formula is C24H31N3O4S. The topological polar surface area (TPSA) is 87.7 Å². The Kier molecular flexibility index (Phi) is 7.13. The number of morpholine rings is 1. The Morgan fingerprint density at radius 2 is 1.72 bits per heavy atom. The van der Waals surface area contributed by atoms with E-state index >= 15 is 0 Å². The summed E-state index contributed by atoms with van der Waals surface area (Å²) in [5.41, 5.74) is 3.18. The van der Waals surface area contributed by atoms with Gasteiger partial charge in [-0.25, -0.2) is 13.1 Å². The molecule has 1 aliphatic heterocycles. The molecule has 1 amide bonds. The molecule has 32 heavy (non-hydrogen) atoms. The van der Waals surface area contributed by atoms with Crippen molar-refractivity contribution >= 4 is 21.6 Å². The molecule has 1 saturated carbocycles. The van der Waals surface area contributed by atoms with Crippen LogP contribution in [0.15, 0.2) is 53.4 Å². The molecule has 1 heterocycles. The Morgan fingerprint density at radius 3 is 2.34 bits per heavy atom. The van der Waals surface area contributed by atoms with Gasteiger partial charge in [-0.2, -0.15) is 0 Å². The summed E-state index contributed by atoms with van der Waals surface area (Å²) in [6.07, 6.45) is 2.72. The predicted octanol–water partition coefficient (Wildman–Crippen LogP) is 2.77. The smallest absolute Gasteiger partial charge is 0.240 e. The summed E-state index contributed by atoms with van der Waals surface area (Å²) in [5, 5.41) is 3.05. The lowest BCUT2D eigenvalue weighted by molar-refractivity contribution is -0.121. The minimum absolute atomic E-state index is 0.0261. The maximum absolute atomic E-state index is 12.4. The zero-order chi connectivity index (χ0) is 22.6. The van der Waals surface area contributed by atoms with E-state index in [0.29, 0.717) is 12.8 Å². The SMILES string of the molecule is CC(NC(=O)CCc1ccc(S(=O)(=O)NC2CC2)cc1)c1ccc(N2CCOCC2)cc1. The average molecular weight is 458 g/mol. The van der Waals surface area contributed by atoms with Gasteiger partial charge in [-0.1, -0.05) is 24.3 Å². The van der Waals surface area contributed by atoms with Gasteiger partial charge in [0, 0.05) is 31.2 Å². The number of nitrogens with zero attached hydrogens (tertiary/aromatic N) is 1. The molecule has 0 bridgehead atoms. The number of carbonyl (C=O) groups excluding carboxylic acids is 1. The lowest BCUT2D eigenvalue weighted by Crippen LogP contribution is -2.36. The van der Waals surface area contributed by atoms with Crippen LogP contribution in [0.2, 0.25) is 0 Å². The number of anilines is 1. The van der Waals surface area contributed by atoms with Crippen LogP contribution in [0.1, 0.15) is 43.4 Å². The third-order valence-electron chi connectivity index (χ3n) is 5.92. The maximum Gasteiger partial charge on any atom is 0.240 e. The van der Waals surface area contributed by atoms with Crippen LogP contribution < -0.4 is 14.9 Å². The first-order valence-electron chi connectivity index (χ1n) is 11.2. The number of sulfonamides is 1. The van der Waals surface area contributed by atoms with Crippen LogP contribution in [0.5, 0.6) is 0 Å². The highest BCUT2D eigenvalue weighted by molar-refractivity contribution is 7.89. The van der Waals surface area contributed by atoms with Crippen molar-refractivity contribution in [3.8, 4) is 0 Å². The summed E-state index contributed by atoms with van der Waals surface area (Å²) in [6, 6.07) is 15.1. The monoisotopic (exact) mass is 457 g/mol. The fourth-order valence-corrected chi connectivity index (χ4v) is 5.08.